The van der Waals surface area contributed by atoms with Crippen LogP contribution in [0.15, 0.2) is 47.4 Å². The zero-order valence-corrected chi connectivity index (χ0v) is 17.2. The highest BCUT2D eigenvalue weighted by molar-refractivity contribution is 7.92. The van der Waals surface area contributed by atoms with Crippen molar-refractivity contribution in [2.45, 2.75) is 38.1 Å². The van der Waals surface area contributed by atoms with Gasteiger partial charge in [0, 0.05) is 11.2 Å². The second-order valence-corrected chi connectivity index (χ2v) is 9.00. The van der Waals surface area contributed by atoms with Crippen molar-refractivity contribution in [2.75, 3.05) is 11.3 Å². The standard InChI is InChI=1S/C19H23ClN2O4S/c1-5-26-14-8-6-13(7-9-14)22-27(24,25)15-10-11-17(20)16(12-15)18(23)21-19(2,3)4/h6-12,22H,5H2,1-4H3,(H,21,23). The number of halogens is 1. The molecular weight excluding hydrogens is 388 g/mol. The highest BCUT2D eigenvalue weighted by Crippen LogP contribution is 2.24. The fourth-order valence-corrected chi connectivity index (χ4v) is 3.54. The number of ether oxygens (including phenoxy) is 1. The summed E-state index contributed by atoms with van der Waals surface area (Å²) in [4.78, 5) is 12.3. The molecule has 6 nitrogen and oxygen atoms in total. The number of carbonyl (C=O) groups excluding carboxylic acids is 1. The Morgan fingerprint density at radius 1 is 1.11 bits per heavy atom. The zero-order valence-electron chi connectivity index (χ0n) is 15.7. The van der Waals surface area contributed by atoms with Gasteiger partial charge in [-0.15, -0.1) is 0 Å². The Morgan fingerprint density at radius 3 is 2.30 bits per heavy atom. The molecule has 146 valence electrons. The lowest BCUT2D eigenvalue weighted by atomic mass is 10.1. The Labute approximate surface area is 164 Å². The van der Waals surface area contributed by atoms with Gasteiger partial charge in [0.05, 0.1) is 22.1 Å². The van der Waals surface area contributed by atoms with Crippen molar-refractivity contribution in [1.82, 2.24) is 5.32 Å². The van der Waals surface area contributed by atoms with Crippen LogP contribution in [0.4, 0.5) is 5.69 Å². The first kappa shape index (κ1) is 21.1. The molecule has 2 aromatic rings. The van der Waals surface area contributed by atoms with Crippen LogP contribution in [0, 0.1) is 0 Å². The van der Waals surface area contributed by atoms with E-state index in [0.29, 0.717) is 18.0 Å². The van der Waals surface area contributed by atoms with Gasteiger partial charge in [-0.25, -0.2) is 8.42 Å². The molecule has 0 aliphatic carbocycles. The van der Waals surface area contributed by atoms with Crippen molar-refractivity contribution in [1.29, 1.82) is 0 Å². The molecule has 0 aliphatic rings. The van der Waals surface area contributed by atoms with Gasteiger partial charge in [-0.05, 0) is 70.2 Å². The number of anilines is 1. The Morgan fingerprint density at radius 2 is 1.74 bits per heavy atom. The summed E-state index contributed by atoms with van der Waals surface area (Å²) >= 11 is 6.09. The summed E-state index contributed by atoms with van der Waals surface area (Å²) in [6.07, 6.45) is 0. The molecule has 0 saturated carbocycles. The van der Waals surface area contributed by atoms with Gasteiger partial charge in [0.1, 0.15) is 5.75 Å². The third-order valence-electron chi connectivity index (χ3n) is 3.40. The minimum Gasteiger partial charge on any atom is -0.494 e. The second kappa shape index (κ2) is 8.19. The molecule has 2 aromatic carbocycles. The lowest BCUT2D eigenvalue weighted by Gasteiger charge is -2.21. The third-order valence-corrected chi connectivity index (χ3v) is 5.11. The van der Waals surface area contributed by atoms with Gasteiger partial charge < -0.3 is 10.1 Å². The molecule has 0 aliphatic heterocycles. The number of amides is 1. The van der Waals surface area contributed by atoms with Crippen molar-refractivity contribution < 1.29 is 17.9 Å². The van der Waals surface area contributed by atoms with Crippen LogP contribution in [-0.4, -0.2) is 26.5 Å². The first-order valence-corrected chi connectivity index (χ1v) is 10.3. The Balaban J connectivity index is 2.28. The Bertz CT molecular complexity index is 920. The van der Waals surface area contributed by atoms with E-state index in [-0.39, 0.29) is 15.5 Å². The van der Waals surface area contributed by atoms with Gasteiger partial charge in [0.25, 0.3) is 15.9 Å². The molecule has 27 heavy (non-hydrogen) atoms. The lowest BCUT2D eigenvalue weighted by molar-refractivity contribution is 0.0919. The van der Waals surface area contributed by atoms with Crippen LogP contribution >= 0.6 is 11.6 Å². The number of hydrogen-bond acceptors (Lipinski definition) is 4. The van der Waals surface area contributed by atoms with Crippen molar-refractivity contribution in [3.8, 4) is 5.75 Å². The maximum atomic E-state index is 12.7. The van der Waals surface area contributed by atoms with E-state index in [0.717, 1.165) is 0 Å². The second-order valence-electron chi connectivity index (χ2n) is 6.91. The van der Waals surface area contributed by atoms with Gasteiger partial charge in [-0.1, -0.05) is 11.6 Å². The molecule has 0 atom stereocenters. The normalized spacial score (nSPS) is 11.7. The van der Waals surface area contributed by atoms with Crippen LogP contribution in [0.1, 0.15) is 38.1 Å². The first-order valence-electron chi connectivity index (χ1n) is 8.39. The number of sulfonamides is 1. The first-order chi connectivity index (χ1) is 12.5. The highest BCUT2D eigenvalue weighted by atomic mass is 35.5. The number of hydrogen-bond donors (Lipinski definition) is 2. The minimum absolute atomic E-state index is 0.0557. The van der Waals surface area contributed by atoms with Crippen molar-refractivity contribution in [2.24, 2.45) is 0 Å². The monoisotopic (exact) mass is 410 g/mol. The smallest absolute Gasteiger partial charge is 0.261 e. The summed E-state index contributed by atoms with van der Waals surface area (Å²) in [6.45, 7) is 7.87. The zero-order chi connectivity index (χ0) is 20.2. The number of carbonyl (C=O) groups is 1. The summed E-state index contributed by atoms with van der Waals surface area (Å²) in [5.41, 5.74) is 0.00538. The fourth-order valence-electron chi connectivity index (χ4n) is 2.25. The summed E-state index contributed by atoms with van der Waals surface area (Å²) in [7, 11) is -3.88. The van der Waals surface area contributed by atoms with E-state index in [9.17, 15) is 13.2 Å². The summed E-state index contributed by atoms with van der Waals surface area (Å²) < 4.78 is 33.1. The van der Waals surface area contributed by atoms with Crippen molar-refractivity contribution >= 4 is 33.2 Å². The van der Waals surface area contributed by atoms with Crippen LogP contribution in [0.25, 0.3) is 0 Å². The molecule has 2 N–H and O–H groups in total. The summed E-state index contributed by atoms with van der Waals surface area (Å²) in [5, 5.41) is 2.95. The molecular formula is C19H23ClN2O4S. The molecule has 0 aromatic heterocycles. The third kappa shape index (κ3) is 5.87. The molecule has 0 saturated heterocycles. The van der Waals surface area contributed by atoms with Crippen molar-refractivity contribution in [3.05, 3.63) is 53.1 Å². The minimum atomic E-state index is -3.88. The van der Waals surface area contributed by atoms with E-state index in [1.165, 1.54) is 18.2 Å². The van der Waals surface area contributed by atoms with E-state index in [4.69, 9.17) is 16.3 Å². The van der Waals surface area contributed by atoms with E-state index in [2.05, 4.69) is 10.0 Å². The van der Waals surface area contributed by atoms with Gasteiger partial charge in [0.2, 0.25) is 0 Å². The van der Waals surface area contributed by atoms with E-state index in [1.54, 1.807) is 24.3 Å². The molecule has 0 bridgehead atoms. The SMILES string of the molecule is CCOc1ccc(NS(=O)(=O)c2ccc(Cl)c(C(=O)NC(C)(C)C)c2)cc1. The summed E-state index contributed by atoms with van der Waals surface area (Å²) in [5.74, 6) is 0.207. The van der Waals surface area contributed by atoms with Gasteiger partial charge in [-0.3, -0.25) is 9.52 Å². The molecule has 0 spiro atoms. The highest BCUT2D eigenvalue weighted by Gasteiger charge is 2.21. The van der Waals surface area contributed by atoms with Crippen molar-refractivity contribution in [3.63, 3.8) is 0 Å². The Hall–Kier alpha value is -2.25. The number of rotatable bonds is 6. The largest absolute Gasteiger partial charge is 0.494 e. The Kier molecular flexibility index (Phi) is 6.38. The topological polar surface area (TPSA) is 84.5 Å². The quantitative estimate of drug-likeness (QED) is 0.751. The van der Waals surface area contributed by atoms with E-state index >= 15 is 0 Å². The average molecular weight is 411 g/mol. The van der Waals surface area contributed by atoms with Gasteiger partial charge in [0.15, 0.2) is 0 Å². The molecule has 8 heteroatoms. The van der Waals surface area contributed by atoms with E-state index < -0.39 is 21.5 Å². The lowest BCUT2D eigenvalue weighted by Crippen LogP contribution is -2.40. The van der Waals surface area contributed by atoms with Crippen LogP contribution in [-0.2, 0) is 10.0 Å². The molecule has 0 heterocycles. The van der Waals surface area contributed by atoms with E-state index in [1.807, 2.05) is 27.7 Å². The molecule has 0 radical (unpaired) electrons. The predicted octanol–water partition coefficient (Wildman–Crippen LogP) is 4.07. The fraction of sp³-hybridized carbons (Fsp3) is 0.316. The van der Waals surface area contributed by atoms with Gasteiger partial charge in [-0.2, -0.15) is 0 Å². The van der Waals surface area contributed by atoms with Crippen LogP contribution in [0.2, 0.25) is 5.02 Å². The average Bonchev–Trinajstić information content (AvgIpc) is 2.55. The maximum Gasteiger partial charge on any atom is 0.261 e. The number of benzene rings is 2. The van der Waals surface area contributed by atoms with Gasteiger partial charge >= 0.3 is 0 Å². The summed E-state index contributed by atoms with van der Waals surface area (Å²) in [6, 6.07) is 10.6. The molecule has 0 unspecified atom stereocenters. The van der Waals surface area contributed by atoms with Crippen LogP contribution in [0.3, 0.4) is 0 Å². The molecule has 1 amide bonds. The maximum absolute atomic E-state index is 12.7. The predicted molar refractivity (Wildman–Crippen MR) is 107 cm³/mol. The molecule has 0 fully saturated rings. The number of nitrogens with one attached hydrogen (secondary N) is 2. The molecule has 2 rings (SSSR count). The van der Waals surface area contributed by atoms with Crippen LogP contribution < -0.4 is 14.8 Å². The van der Waals surface area contributed by atoms with Crippen LogP contribution in [0.5, 0.6) is 5.75 Å².